The molecule has 100 valence electrons. The summed E-state index contributed by atoms with van der Waals surface area (Å²) in [6.07, 6.45) is 0. The molecule has 0 aromatic heterocycles. The molecule has 0 saturated carbocycles. The molecule has 2 rings (SSSR count). The van der Waals surface area contributed by atoms with E-state index in [1.54, 1.807) is 18.2 Å². The van der Waals surface area contributed by atoms with E-state index in [-0.39, 0.29) is 6.04 Å². The Bertz CT molecular complexity index is 602. The Labute approximate surface area is 130 Å². The molecule has 1 atom stereocenters. The number of nitrogens with two attached hydrogens (primary N) is 1. The van der Waals surface area contributed by atoms with Gasteiger partial charge in [0.2, 0.25) is 0 Å². The molecule has 0 aliphatic carbocycles. The Morgan fingerprint density at radius 3 is 2.26 bits per heavy atom. The third kappa shape index (κ3) is 3.63. The Hall–Kier alpha value is -0.740. The quantitative estimate of drug-likeness (QED) is 0.776. The van der Waals surface area contributed by atoms with Crippen LogP contribution in [0.25, 0.3) is 0 Å². The van der Waals surface area contributed by atoms with E-state index in [1.807, 2.05) is 25.1 Å². The molecule has 5 heteroatoms. The summed E-state index contributed by atoms with van der Waals surface area (Å²) < 4.78 is 6.63. The average Bonchev–Trinajstić information content (AvgIpc) is 2.33. The summed E-state index contributed by atoms with van der Waals surface area (Å²) in [5, 5.41) is 0.966. The zero-order valence-electron chi connectivity index (χ0n) is 10.2. The fourth-order valence-electron chi connectivity index (χ4n) is 1.62. The topological polar surface area (TPSA) is 35.2 Å². The highest BCUT2D eigenvalue weighted by Crippen LogP contribution is 2.32. The lowest BCUT2D eigenvalue weighted by molar-refractivity contribution is 0.482. The summed E-state index contributed by atoms with van der Waals surface area (Å²) in [5.74, 6) is 1.34. The van der Waals surface area contributed by atoms with Crippen LogP contribution in [0.5, 0.6) is 11.5 Å². The molecule has 0 spiro atoms. The first-order valence-corrected chi connectivity index (χ1v) is 7.20. The summed E-state index contributed by atoms with van der Waals surface area (Å²) in [6.45, 7) is 1.93. The smallest absolute Gasteiger partial charge is 0.129 e. The molecule has 2 N–H and O–H groups in total. The molecule has 2 nitrogen and oxygen atoms in total. The molecule has 0 saturated heterocycles. The van der Waals surface area contributed by atoms with Crippen LogP contribution in [0, 0.1) is 0 Å². The van der Waals surface area contributed by atoms with Crippen molar-refractivity contribution in [2.24, 2.45) is 5.73 Å². The van der Waals surface area contributed by atoms with Gasteiger partial charge in [0.05, 0.1) is 10.0 Å². The fourth-order valence-corrected chi connectivity index (χ4v) is 2.62. The zero-order chi connectivity index (χ0) is 14.0. The monoisotopic (exact) mass is 359 g/mol. The molecule has 0 heterocycles. The maximum atomic E-state index is 5.94. The third-order valence-electron chi connectivity index (χ3n) is 2.59. The Morgan fingerprint density at radius 1 is 1.05 bits per heavy atom. The Balaban J connectivity index is 2.24. The second-order valence-corrected chi connectivity index (χ2v) is 5.82. The van der Waals surface area contributed by atoms with Gasteiger partial charge in [-0.2, -0.15) is 0 Å². The third-order valence-corrected chi connectivity index (χ3v) is 4.02. The minimum absolute atomic E-state index is 0.0339. The van der Waals surface area contributed by atoms with Crippen LogP contribution in [0.15, 0.2) is 40.9 Å². The Kier molecular flexibility index (Phi) is 4.74. The van der Waals surface area contributed by atoms with Crippen molar-refractivity contribution >= 4 is 39.1 Å². The molecule has 2 aromatic rings. The molecule has 0 radical (unpaired) electrons. The van der Waals surface area contributed by atoms with Gasteiger partial charge in [-0.3, -0.25) is 0 Å². The fraction of sp³-hybridized carbons (Fsp3) is 0.143. The summed E-state index contributed by atoms with van der Waals surface area (Å²) in [6, 6.07) is 10.8. The normalized spacial score (nSPS) is 12.3. The first kappa shape index (κ1) is 14.7. The highest BCUT2D eigenvalue weighted by molar-refractivity contribution is 9.10. The molecule has 0 bridgehead atoms. The van der Waals surface area contributed by atoms with Gasteiger partial charge in [-0.1, -0.05) is 45.2 Å². The van der Waals surface area contributed by atoms with Crippen LogP contribution in [0.3, 0.4) is 0 Å². The van der Waals surface area contributed by atoms with Gasteiger partial charge in [-0.25, -0.2) is 0 Å². The van der Waals surface area contributed by atoms with Crippen LogP contribution in [-0.2, 0) is 0 Å². The number of hydrogen-bond acceptors (Lipinski definition) is 2. The minimum atomic E-state index is -0.0339. The van der Waals surface area contributed by atoms with Crippen LogP contribution in [0.4, 0.5) is 0 Å². The molecule has 0 aliphatic heterocycles. The second kappa shape index (κ2) is 6.14. The SMILES string of the molecule is C[C@@H](N)c1ccc(Oc2ccc(Cl)c(Cl)c2)cc1Br. The van der Waals surface area contributed by atoms with Gasteiger partial charge in [0, 0.05) is 16.6 Å². The van der Waals surface area contributed by atoms with Crippen LogP contribution in [0.1, 0.15) is 18.5 Å². The summed E-state index contributed by atoms with van der Waals surface area (Å²) in [7, 11) is 0. The van der Waals surface area contributed by atoms with Crippen molar-refractivity contribution in [1.29, 1.82) is 0 Å². The van der Waals surface area contributed by atoms with Gasteiger partial charge in [-0.15, -0.1) is 0 Å². The maximum Gasteiger partial charge on any atom is 0.129 e. The molecule has 0 fully saturated rings. The lowest BCUT2D eigenvalue weighted by atomic mass is 10.1. The molecule has 19 heavy (non-hydrogen) atoms. The van der Waals surface area contributed by atoms with Crippen molar-refractivity contribution in [3.05, 3.63) is 56.5 Å². The first-order valence-electron chi connectivity index (χ1n) is 5.65. The van der Waals surface area contributed by atoms with Gasteiger partial charge in [0.25, 0.3) is 0 Å². The maximum absolute atomic E-state index is 5.94. The van der Waals surface area contributed by atoms with Crippen molar-refractivity contribution in [2.75, 3.05) is 0 Å². The zero-order valence-corrected chi connectivity index (χ0v) is 13.3. The van der Waals surface area contributed by atoms with Gasteiger partial charge in [0.15, 0.2) is 0 Å². The van der Waals surface area contributed by atoms with Gasteiger partial charge in [-0.05, 0) is 36.8 Å². The molecule has 0 amide bonds. The van der Waals surface area contributed by atoms with Crippen LogP contribution < -0.4 is 10.5 Å². The lowest BCUT2D eigenvalue weighted by Gasteiger charge is -2.11. The van der Waals surface area contributed by atoms with E-state index in [0.29, 0.717) is 21.5 Å². The Morgan fingerprint density at radius 2 is 1.68 bits per heavy atom. The van der Waals surface area contributed by atoms with Gasteiger partial charge >= 0.3 is 0 Å². The van der Waals surface area contributed by atoms with Crippen molar-refractivity contribution < 1.29 is 4.74 Å². The van der Waals surface area contributed by atoms with Crippen molar-refractivity contribution in [3.63, 3.8) is 0 Å². The van der Waals surface area contributed by atoms with E-state index in [1.165, 1.54) is 0 Å². The molecule has 0 unspecified atom stereocenters. The van der Waals surface area contributed by atoms with E-state index in [0.717, 1.165) is 10.0 Å². The standard InChI is InChI=1S/C14H12BrCl2NO/c1-8(18)11-4-2-9(6-12(11)15)19-10-3-5-13(16)14(17)7-10/h2-8H,18H2,1H3/t8-/m1/s1. The van der Waals surface area contributed by atoms with Crippen molar-refractivity contribution in [1.82, 2.24) is 0 Å². The molecular weight excluding hydrogens is 349 g/mol. The highest BCUT2D eigenvalue weighted by atomic mass is 79.9. The summed E-state index contributed by atoms with van der Waals surface area (Å²) in [5.41, 5.74) is 6.88. The number of ether oxygens (including phenoxy) is 1. The highest BCUT2D eigenvalue weighted by Gasteiger charge is 2.07. The van der Waals surface area contributed by atoms with E-state index in [4.69, 9.17) is 33.7 Å². The van der Waals surface area contributed by atoms with E-state index < -0.39 is 0 Å². The van der Waals surface area contributed by atoms with Crippen molar-refractivity contribution in [2.45, 2.75) is 13.0 Å². The molecular formula is C14H12BrCl2NO. The van der Waals surface area contributed by atoms with E-state index >= 15 is 0 Å². The van der Waals surface area contributed by atoms with Gasteiger partial charge < -0.3 is 10.5 Å². The summed E-state index contributed by atoms with van der Waals surface area (Å²) in [4.78, 5) is 0. The summed E-state index contributed by atoms with van der Waals surface area (Å²) >= 11 is 15.3. The molecule has 2 aromatic carbocycles. The van der Waals surface area contributed by atoms with Crippen LogP contribution >= 0.6 is 39.1 Å². The number of halogens is 3. The number of benzene rings is 2. The van der Waals surface area contributed by atoms with Crippen LogP contribution in [0.2, 0.25) is 10.0 Å². The molecule has 0 aliphatic rings. The largest absolute Gasteiger partial charge is 0.457 e. The predicted octanol–water partition coefficient (Wildman–Crippen LogP) is 5.57. The van der Waals surface area contributed by atoms with Crippen molar-refractivity contribution in [3.8, 4) is 11.5 Å². The predicted molar refractivity (Wildman–Crippen MR) is 83.3 cm³/mol. The van der Waals surface area contributed by atoms with E-state index in [2.05, 4.69) is 15.9 Å². The van der Waals surface area contributed by atoms with Gasteiger partial charge in [0.1, 0.15) is 11.5 Å². The minimum Gasteiger partial charge on any atom is -0.457 e. The number of rotatable bonds is 3. The first-order chi connectivity index (χ1) is 8.97. The van der Waals surface area contributed by atoms with Crippen LogP contribution in [-0.4, -0.2) is 0 Å². The number of hydrogen-bond donors (Lipinski definition) is 1. The average molecular weight is 361 g/mol. The van der Waals surface area contributed by atoms with E-state index in [9.17, 15) is 0 Å². The lowest BCUT2D eigenvalue weighted by Crippen LogP contribution is -2.05. The second-order valence-electron chi connectivity index (χ2n) is 4.15.